The molecule has 0 fully saturated rings. The van der Waals surface area contributed by atoms with Gasteiger partial charge >= 0.3 is 5.97 Å². The Hall–Kier alpha value is -1.40. The molecule has 1 unspecified atom stereocenters. The Balaban J connectivity index is 3.19. The molecule has 1 rings (SSSR count). The van der Waals surface area contributed by atoms with Gasteiger partial charge in [0.25, 0.3) is 4.93 Å². The lowest BCUT2D eigenvalue weighted by atomic mass is 10.4. The zero-order valence-corrected chi connectivity index (χ0v) is 10.4. The van der Waals surface area contributed by atoms with Crippen LogP contribution >= 0.6 is 0 Å². The Kier molecular flexibility index (Phi) is 3.90. The van der Waals surface area contributed by atoms with Crippen LogP contribution in [-0.4, -0.2) is 31.0 Å². The predicted octanol–water partition coefficient (Wildman–Crippen LogP) is 0.732. The van der Waals surface area contributed by atoms with Crippen LogP contribution in [0.25, 0.3) is 0 Å². The predicted molar refractivity (Wildman–Crippen MR) is 60.9 cm³/mol. The Morgan fingerprint density at radius 3 is 2.35 bits per heavy atom. The second-order valence-electron chi connectivity index (χ2n) is 3.52. The van der Waals surface area contributed by atoms with E-state index in [1.54, 1.807) is 6.07 Å². The summed E-state index contributed by atoms with van der Waals surface area (Å²) in [5.74, 6) is -1.18. The minimum absolute atomic E-state index is 0.000701. The minimum Gasteiger partial charge on any atom is -0.463 e. The highest BCUT2D eigenvalue weighted by Crippen LogP contribution is 2.24. The number of aliphatic hydroxyl groups is 1. The first-order valence-corrected chi connectivity index (χ1v) is 6.51. The van der Waals surface area contributed by atoms with E-state index in [4.69, 9.17) is 0 Å². The van der Waals surface area contributed by atoms with Crippen molar-refractivity contribution in [2.75, 3.05) is 6.61 Å². The van der Waals surface area contributed by atoms with Crippen molar-refractivity contribution in [1.82, 2.24) is 0 Å². The van der Waals surface area contributed by atoms with Gasteiger partial charge in [-0.15, -0.1) is 0 Å². The molecule has 0 radical (unpaired) electrons. The summed E-state index contributed by atoms with van der Waals surface area (Å²) in [4.78, 5) is 8.73. The maximum Gasteiger partial charge on any atom is 0.354 e. The van der Waals surface area contributed by atoms with Crippen molar-refractivity contribution in [3.63, 3.8) is 0 Å². The molecule has 0 aliphatic carbocycles. The maximum atomic E-state index is 12.0. The summed E-state index contributed by atoms with van der Waals surface area (Å²) in [6, 6.07) is 7.27. The van der Waals surface area contributed by atoms with Crippen molar-refractivity contribution in [2.45, 2.75) is 23.7 Å². The Morgan fingerprint density at radius 2 is 1.88 bits per heavy atom. The van der Waals surface area contributed by atoms with Crippen LogP contribution in [0.4, 0.5) is 0 Å². The van der Waals surface area contributed by atoms with Gasteiger partial charge in [-0.2, -0.15) is 0 Å². The lowest BCUT2D eigenvalue weighted by Crippen LogP contribution is -2.44. The Morgan fingerprint density at radius 1 is 1.35 bits per heavy atom. The van der Waals surface area contributed by atoms with Gasteiger partial charge in [0.1, 0.15) is 0 Å². The van der Waals surface area contributed by atoms with E-state index in [0.29, 0.717) is 0 Å². The third-order valence-electron chi connectivity index (χ3n) is 2.23. The monoisotopic (exact) mass is 258 g/mol. The summed E-state index contributed by atoms with van der Waals surface area (Å²) in [6.45, 7) is 2.44. The Labute approximate surface area is 100.0 Å². The van der Waals surface area contributed by atoms with Gasteiger partial charge in [-0.1, -0.05) is 18.2 Å². The quantitative estimate of drug-likeness (QED) is 0.805. The number of esters is 1. The first-order valence-electron chi connectivity index (χ1n) is 5.03. The SMILES string of the molecule is CCOC(=O)C(C)(O)S(=O)(=O)c1ccccc1. The summed E-state index contributed by atoms with van der Waals surface area (Å²) in [5.41, 5.74) is 0. The number of rotatable bonds is 4. The molecule has 0 saturated carbocycles. The molecule has 0 aliphatic rings. The van der Waals surface area contributed by atoms with Gasteiger partial charge in [-0.3, -0.25) is 0 Å². The number of sulfone groups is 1. The molecule has 6 heteroatoms. The van der Waals surface area contributed by atoms with Gasteiger partial charge in [0.05, 0.1) is 11.5 Å². The Bertz CT molecular complexity index is 490. The average molecular weight is 258 g/mol. The van der Waals surface area contributed by atoms with E-state index in [2.05, 4.69) is 4.74 Å². The second kappa shape index (κ2) is 4.85. The van der Waals surface area contributed by atoms with Crippen molar-refractivity contribution in [3.05, 3.63) is 30.3 Å². The van der Waals surface area contributed by atoms with Crippen LogP contribution in [0, 0.1) is 0 Å². The lowest BCUT2D eigenvalue weighted by Gasteiger charge is -2.21. The van der Waals surface area contributed by atoms with Gasteiger partial charge < -0.3 is 9.84 Å². The van der Waals surface area contributed by atoms with Crippen molar-refractivity contribution in [1.29, 1.82) is 0 Å². The van der Waals surface area contributed by atoms with Crippen LogP contribution in [-0.2, 0) is 19.4 Å². The van der Waals surface area contributed by atoms with Crippen LogP contribution in [0.3, 0.4) is 0 Å². The van der Waals surface area contributed by atoms with E-state index in [1.807, 2.05) is 0 Å². The third kappa shape index (κ3) is 2.48. The van der Waals surface area contributed by atoms with Crippen molar-refractivity contribution >= 4 is 15.8 Å². The fourth-order valence-corrected chi connectivity index (χ4v) is 2.46. The van der Waals surface area contributed by atoms with Gasteiger partial charge in [0.2, 0.25) is 9.84 Å². The molecule has 1 aromatic rings. The van der Waals surface area contributed by atoms with Gasteiger partial charge in [-0.05, 0) is 26.0 Å². The highest BCUT2D eigenvalue weighted by molar-refractivity contribution is 7.93. The highest BCUT2D eigenvalue weighted by atomic mass is 32.2. The first-order chi connectivity index (χ1) is 7.84. The van der Waals surface area contributed by atoms with Gasteiger partial charge in [0, 0.05) is 0 Å². The van der Waals surface area contributed by atoms with E-state index in [-0.39, 0.29) is 11.5 Å². The zero-order chi connectivity index (χ0) is 13.1. The van der Waals surface area contributed by atoms with Crippen molar-refractivity contribution in [2.24, 2.45) is 0 Å². The summed E-state index contributed by atoms with van der Waals surface area (Å²) in [5, 5.41) is 9.83. The first kappa shape index (κ1) is 13.7. The number of ether oxygens (including phenoxy) is 1. The topological polar surface area (TPSA) is 80.7 Å². The van der Waals surface area contributed by atoms with Gasteiger partial charge in [0.15, 0.2) is 0 Å². The van der Waals surface area contributed by atoms with Crippen molar-refractivity contribution in [3.8, 4) is 0 Å². The standard InChI is InChI=1S/C11H14O5S/c1-3-16-10(12)11(2,13)17(14,15)9-7-5-4-6-8-9/h4-8,13H,3H2,1-2H3. The summed E-state index contributed by atoms with van der Waals surface area (Å²) in [7, 11) is -4.18. The molecule has 0 amide bonds. The third-order valence-corrected chi connectivity index (χ3v) is 4.34. The lowest BCUT2D eigenvalue weighted by molar-refractivity contribution is -0.155. The molecule has 17 heavy (non-hydrogen) atoms. The van der Waals surface area contributed by atoms with E-state index in [0.717, 1.165) is 6.92 Å². The van der Waals surface area contributed by atoms with Crippen molar-refractivity contribution < 1.29 is 23.1 Å². The van der Waals surface area contributed by atoms with Crippen LogP contribution in [0.5, 0.6) is 0 Å². The molecule has 5 nitrogen and oxygen atoms in total. The van der Waals surface area contributed by atoms with Gasteiger partial charge in [-0.25, -0.2) is 13.2 Å². The number of benzene rings is 1. The molecule has 0 aromatic heterocycles. The normalized spacial score (nSPS) is 15.0. The molecule has 0 heterocycles. The smallest absolute Gasteiger partial charge is 0.354 e. The molecule has 1 N–H and O–H groups in total. The number of hydrogen-bond acceptors (Lipinski definition) is 5. The molecule has 0 aliphatic heterocycles. The minimum atomic E-state index is -4.18. The molecule has 0 saturated heterocycles. The van der Waals surface area contributed by atoms with Crippen LogP contribution in [0.15, 0.2) is 35.2 Å². The molecule has 0 bridgehead atoms. The number of carbonyl (C=O) groups excluding carboxylic acids is 1. The zero-order valence-electron chi connectivity index (χ0n) is 9.58. The van der Waals surface area contributed by atoms with E-state index in [1.165, 1.54) is 31.2 Å². The molecule has 1 aromatic carbocycles. The summed E-state index contributed by atoms with van der Waals surface area (Å²) in [6.07, 6.45) is 0. The second-order valence-corrected chi connectivity index (χ2v) is 5.79. The molecule has 1 atom stereocenters. The van der Waals surface area contributed by atoms with Crippen LogP contribution in [0.1, 0.15) is 13.8 Å². The maximum absolute atomic E-state index is 12.0. The van der Waals surface area contributed by atoms with Crippen LogP contribution in [0.2, 0.25) is 0 Å². The highest BCUT2D eigenvalue weighted by Gasteiger charge is 2.46. The van der Waals surface area contributed by atoms with E-state index < -0.39 is 20.7 Å². The van der Waals surface area contributed by atoms with E-state index in [9.17, 15) is 18.3 Å². The summed E-state index contributed by atoms with van der Waals surface area (Å²) >= 11 is 0. The molecular formula is C11H14O5S. The average Bonchev–Trinajstić information content (AvgIpc) is 2.30. The fourth-order valence-electron chi connectivity index (χ4n) is 1.20. The summed E-state index contributed by atoms with van der Waals surface area (Å²) < 4.78 is 28.6. The van der Waals surface area contributed by atoms with E-state index >= 15 is 0 Å². The molecule has 0 spiro atoms. The largest absolute Gasteiger partial charge is 0.463 e. The molecular weight excluding hydrogens is 244 g/mol. The molecule has 94 valence electrons. The fraction of sp³-hybridized carbons (Fsp3) is 0.364. The van der Waals surface area contributed by atoms with Crippen LogP contribution < -0.4 is 0 Å². The number of carbonyl (C=O) groups is 1. The number of hydrogen-bond donors (Lipinski definition) is 1.